The smallest absolute Gasteiger partial charge is 0.272 e. The molecule has 130 valence electrons. The average molecular weight is 399 g/mol. The van der Waals surface area contributed by atoms with E-state index in [-0.39, 0.29) is 12.3 Å². The first-order valence-corrected chi connectivity index (χ1v) is 8.33. The summed E-state index contributed by atoms with van der Waals surface area (Å²) in [7, 11) is 0. The summed E-state index contributed by atoms with van der Waals surface area (Å²) in [5.74, 6) is -0.791. The van der Waals surface area contributed by atoms with Gasteiger partial charge in [0.05, 0.1) is 27.7 Å². The molecule has 0 fully saturated rings. The van der Waals surface area contributed by atoms with Gasteiger partial charge in [0.2, 0.25) is 5.91 Å². The zero-order valence-electron chi connectivity index (χ0n) is 13.1. The van der Waals surface area contributed by atoms with E-state index in [1.807, 2.05) is 0 Å². The predicted octanol–water partition coefficient (Wildman–Crippen LogP) is 4.78. The Kier molecular flexibility index (Phi) is 6.82. The molecule has 0 saturated carbocycles. The van der Waals surface area contributed by atoms with Crippen LogP contribution in [0.5, 0.6) is 0 Å². The lowest BCUT2D eigenvalue weighted by Crippen LogP contribution is -2.21. The molecular weight excluding hydrogens is 385 g/mol. The van der Waals surface area contributed by atoms with Crippen LogP contribution < -0.4 is 10.7 Å². The highest BCUT2D eigenvalue weighted by Gasteiger charge is 2.10. The number of carbonyl (C=O) groups excluding carboxylic acids is 2. The summed E-state index contributed by atoms with van der Waals surface area (Å²) in [4.78, 5) is 24.0. The maximum Gasteiger partial charge on any atom is 0.272 e. The Bertz CT molecular complexity index is 838. The van der Waals surface area contributed by atoms with Gasteiger partial charge in [-0.1, -0.05) is 46.9 Å². The predicted molar refractivity (Wildman–Crippen MR) is 102 cm³/mol. The fourth-order valence-electron chi connectivity index (χ4n) is 1.91. The van der Waals surface area contributed by atoms with Crippen LogP contribution in [0.4, 0.5) is 5.69 Å². The van der Waals surface area contributed by atoms with Gasteiger partial charge >= 0.3 is 0 Å². The molecule has 0 unspecified atom stereocenters. The van der Waals surface area contributed by atoms with Gasteiger partial charge in [-0.05, 0) is 37.3 Å². The maximum absolute atomic E-state index is 12.0. The zero-order chi connectivity index (χ0) is 18.4. The van der Waals surface area contributed by atoms with Crippen molar-refractivity contribution in [3.8, 4) is 0 Å². The minimum Gasteiger partial charge on any atom is -0.324 e. The standard InChI is InChI=1S/C17H14Cl3N3O2/c1-10(22-23-17(25)12-4-2-3-5-13(12)19)8-16(24)21-15-9-11(18)6-7-14(15)20/h2-7,9H,8H2,1H3,(H,21,24)(H,23,25). The molecule has 0 aliphatic rings. The second kappa shape index (κ2) is 8.85. The lowest BCUT2D eigenvalue weighted by Gasteiger charge is -2.08. The molecule has 0 heterocycles. The summed E-state index contributed by atoms with van der Waals surface area (Å²) in [5, 5.41) is 7.69. The number of benzene rings is 2. The van der Waals surface area contributed by atoms with Gasteiger partial charge in [0.25, 0.3) is 5.91 Å². The number of carbonyl (C=O) groups is 2. The molecule has 0 spiro atoms. The summed E-state index contributed by atoms with van der Waals surface area (Å²) in [6.45, 7) is 1.62. The summed E-state index contributed by atoms with van der Waals surface area (Å²) in [6.07, 6.45) is -0.0222. The van der Waals surface area contributed by atoms with E-state index in [1.165, 1.54) is 0 Å². The molecule has 2 N–H and O–H groups in total. The van der Waals surface area contributed by atoms with Crippen LogP contribution in [-0.4, -0.2) is 17.5 Å². The van der Waals surface area contributed by atoms with Gasteiger partial charge in [0, 0.05) is 10.7 Å². The Morgan fingerprint density at radius 2 is 1.76 bits per heavy atom. The second-order valence-electron chi connectivity index (χ2n) is 5.12. The van der Waals surface area contributed by atoms with Crippen LogP contribution in [0, 0.1) is 0 Å². The highest BCUT2D eigenvalue weighted by atomic mass is 35.5. The molecule has 0 aliphatic carbocycles. The number of halogens is 3. The summed E-state index contributed by atoms with van der Waals surface area (Å²) < 4.78 is 0. The highest BCUT2D eigenvalue weighted by Crippen LogP contribution is 2.25. The number of amides is 2. The van der Waals surface area contributed by atoms with Crippen molar-refractivity contribution in [2.24, 2.45) is 5.10 Å². The van der Waals surface area contributed by atoms with E-state index < -0.39 is 5.91 Å². The maximum atomic E-state index is 12.0. The monoisotopic (exact) mass is 397 g/mol. The van der Waals surface area contributed by atoms with Crippen LogP contribution in [0.25, 0.3) is 0 Å². The van der Waals surface area contributed by atoms with Gasteiger partial charge in [-0.15, -0.1) is 0 Å². The number of nitrogens with zero attached hydrogens (tertiary/aromatic N) is 1. The van der Waals surface area contributed by atoms with Gasteiger partial charge in [0.1, 0.15) is 0 Å². The lowest BCUT2D eigenvalue weighted by molar-refractivity contribution is -0.115. The summed E-state index contributed by atoms with van der Waals surface area (Å²) >= 11 is 17.8. The lowest BCUT2D eigenvalue weighted by atomic mass is 10.2. The Balaban J connectivity index is 1.94. The van der Waals surface area contributed by atoms with Crippen molar-refractivity contribution in [3.63, 3.8) is 0 Å². The minimum absolute atomic E-state index is 0.0222. The normalized spacial score (nSPS) is 11.1. The Morgan fingerprint density at radius 3 is 2.48 bits per heavy atom. The fraction of sp³-hybridized carbons (Fsp3) is 0.118. The van der Waals surface area contributed by atoms with Crippen LogP contribution in [0.2, 0.25) is 15.1 Å². The number of hydrogen-bond donors (Lipinski definition) is 2. The van der Waals surface area contributed by atoms with Crippen molar-refractivity contribution in [2.75, 3.05) is 5.32 Å². The quantitative estimate of drug-likeness (QED) is 0.562. The number of hydrazone groups is 1. The van der Waals surface area contributed by atoms with Crippen LogP contribution in [0.1, 0.15) is 23.7 Å². The van der Waals surface area contributed by atoms with Crippen molar-refractivity contribution in [3.05, 3.63) is 63.1 Å². The van der Waals surface area contributed by atoms with E-state index in [9.17, 15) is 9.59 Å². The number of nitrogens with one attached hydrogen (secondary N) is 2. The topological polar surface area (TPSA) is 70.6 Å². The second-order valence-corrected chi connectivity index (χ2v) is 6.37. The molecule has 25 heavy (non-hydrogen) atoms. The first-order chi connectivity index (χ1) is 11.9. The number of anilines is 1. The van der Waals surface area contributed by atoms with E-state index >= 15 is 0 Å². The molecule has 2 amide bonds. The van der Waals surface area contributed by atoms with Crippen LogP contribution in [0.15, 0.2) is 47.6 Å². The molecule has 5 nitrogen and oxygen atoms in total. The minimum atomic E-state index is -0.455. The largest absolute Gasteiger partial charge is 0.324 e. The van der Waals surface area contributed by atoms with Crippen molar-refractivity contribution in [1.29, 1.82) is 0 Å². The summed E-state index contributed by atoms with van der Waals surface area (Å²) in [5.41, 5.74) is 3.49. The van der Waals surface area contributed by atoms with Crippen molar-refractivity contribution in [1.82, 2.24) is 5.43 Å². The van der Waals surface area contributed by atoms with E-state index in [0.29, 0.717) is 32.0 Å². The van der Waals surface area contributed by atoms with E-state index in [4.69, 9.17) is 34.8 Å². The highest BCUT2D eigenvalue weighted by molar-refractivity contribution is 6.36. The Morgan fingerprint density at radius 1 is 1.04 bits per heavy atom. The van der Waals surface area contributed by atoms with Crippen molar-refractivity contribution < 1.29 is 9.59 Å². The molecule has 2 aromatic rings. The third-order valence-electron chi connectivity index (χ3n) is 3.09. The first-order valence-electron chi connectivity index (χ1n) is 7.19. The Labute approximate surface area is 160 Å². The third kappa shape index (κ3) is 5.74. The molecular formula is C17H14Cl3N3O2. The number of hydrogen-bond acceptors (Lipinski definition) is 3. The van der Waals surface area contributed by atoms with Gasteiger partial charge in [-0.25, -0.2) is 5.43 Å². The Hall–Kier alpha value is -2.08. The molecule has 0 bridgehead atoms. The molecule has 0 atom stereocenters. The van der Waals surface area contributed by atoms with Gasteiger partial charge < -0.3 is 5.32 Å². The SMILES string of the molecule is CC(CC(=O)Nc1cc(Cl)ccc1Cl)=NNC(=O)c1ccccc1Cl. The van der Waals surface area contributed by atoms with Crippen LogP contribution >= 0.6 is 34.8 Å². The molecule has 2 aromatic carbocycles. The first kappa shape index (κ1) is 19.2. The molecule has 0 saturated heterocycles. The average Bonchev–Trinajstić information content (AvgIpc) is 2.56. The van der Waals surface area contributed by atoms with E-state index in [0.717, 1.165) is 0 Å². The van der Waals surface area contributed by atoms with E-state index in [2.05, 4.69) is 15.8 Å². The number of rotatable bonds is 5. The van der Waals surface area contributed by atoms with Gasteiger partial charge in [-0.2, -0.15) is 5.10 Å². The molecule has 2 rings (SSSR count). The van der Waals surface area contributed by atoms with Crippen molar-refractivity contribution >= 4 is 58.0 Å². The summed E-state index contributed by atoms with van der Waals surface area (Å²) in [6, 6.07) is 11.4. The van der Waals surface area contributed by atoms with Crippen molar-refractivity contribution in [2.45, 2.75) is 13.3 Å². The molecule has 8 heteroatoms. The molecule has 0 aliphatic heterocycles. The fourth-order valence-corrected chi connectivity index (χ4v) is 2.47. The molecule has 0 radical (unpaired) electrons. The third-order valence-corrected chi connectivity index (χ3v) is 3.98. The van der Waals surface area contributed by atoms with Crippen LogP contribution in [0.3, 0.4) is 0 Å². The van der Waals surface area contributed by atoms with E-state index in [1.54, 1.807) is 49.4 Å². The van der Waals surface area contributed by atoms with Crippen LogP contribution in [-0.2, 0) is 4.79 Å². The van der Waals surface area contributed by atoms with Gasteiger partial charge in [-0.3, -0.25) is 9.59 Å². The van der Waals surface area contributed by atoms with Gasteiger partial charge in [0.15, 0.2) is 0 Å². The zero-order valence-corrected chi connectivity index (χ0v) is 15.4. The molecule has 0 aromatic heterocycles.